The smallest absolute Gasteiger partial charge is 0.407 e. The molecule has 156 valence electrons. The van der Waals surface area contributed by atoms with E-state index in [-0.39, 0.29) is 6.61 Å². The van der Waals surface area contributed by atoms with Gasteiger partial charge < -0.3 is 45.4 Å². The average Bonchev–Trinajstić information content (AvgIpc) is 2.67. The van der Waals surface area contributed by atoms with Crippen LogP contribution >= 0.6 is 0 Å². The summed E-state index contributed by atoms with van der Waals surface area (Å²) < 4.78 is 9.98. The number of amides is 1. The summed E-state index contributed by atoms with van der Waals surface area (Å²) in [4.78, 5) is 23.3. The van der Waals surface area contributed by atoms with Gasteiger partial charge in [-0.15, -0.1) is 0 Å². The van der Waals surface area contributed by atoms with E-state index in [4.69, 9.17) is 19.7 Å². The molecule has 0 aliphatic carbocycles. The maximum atomic E-state index is 12.1. The SMILES string of the molecule is O=C(N[C@H]1C(C(O)C(O)CO)O[C@](O)(C(=O)O)C[C@H]1O)OCc1ccccc1. The van der Waals surface area contributed by atoms with E-state index in [0.717, 1.165) is 0 Å². The fraction of sp³-hybridized carbons (Fsp3) is 0.529. The van der Waals surface area contributed by atoms with Gasteiger partial charge in [-0.2, -0.15) is 0 Å². The molecule has 1 heterocycles. The summed E-state index contributed by atoms with van der Waals surface area (Å²) in [5, 5.41) is 60.3. The number of aliphatic carboxylic acids is 1. The number of carboxylic acids is 1. The van der Waals surface area contributed by atoms with Gasteiger partial charge in [-0.1, -0.05) is 30.3 Å². The summed E-state index contributed by atoms with van der Waals surface area (Å²) in [6, 6.07) is 7.25. The zero-order chi connectivity index (χ0) is 20.9. The van der Waals surface area contributed by atoms with Crippen molar-refractivity contribution in [2.75, 3.05) is 6.61 Å². The molecule has 0 saturated carbocycles. The molecule has 0 aromatic heterocycles. The second kappa shape index (κ2) is 9.28. The third-order valence-corrected chi connectivity index (χ3v) is 4.33. The van der Waals surface area contributed by atoms with Crippen LogP contribution in [-0.2, 0) is 20.9 Å². The van der Waals surface area contributed by atoms with Crippen molar-refractivity contribution in [2.45, 2.75) is 49.3 Å². The third kappa shape index (κ3) is 5.16. The fourth-order valence-corrected chi connectivity index (χ4v) is 2.80. The molecule has 3 unspecified atom stereocenters. The van der Waals surface area contributed by atoms with Gasteiger partial charge in [-0.05, 0) is 5.56 Å². The Morgan fingerprint density at radius 1 is 1.29 bits per heavy atom. The second-order valence-corrected chi connectivity index (χ2v) is 6.42. The van der Waals surface area contributed by atoms with Gasteiger partial charge in [-0.25, -0.2) is 9.59 Å². The highest BCUT2D eigenvalue weighted by Gasteiger charge is 2.54. The Morgan fingerprint density at radius 3 is 2.50 bits per heavy atom. The van der Waals surface area contributed by atoms with Crippen LogP contribution in [0.4, 0.5) is 4.79 Å². The van der Waals surface area contributed by atoms with Crippen LogP contribution in [0.5, 0.6) is 0 Å². The minimum absolute atomic E-state index is 0.0953. The quantitative estimate of drug-likeness (QED) is 0.267. The predicted molar refractivity (Wildman–Crippen MR) is 90.7 cm³/mol. The lowest BCUT2D eigenvalue weighted by atomic mass is 9.89. The zero-order valence-electron chi connectivity index (χ0n) is 14.7. The molecule has 11 nitrogen and oxygen atoms in total. The number of carbonyl (C=O) groups is 2. The van der Waals surface area contributed by atoms with Crippen LogP contribution in [0.3, 0.4) is 0 Å². The number of aliphatic hydroxyl groups is 5. The fourth-order valence-electron chi connectivity index (χ4n) is 2.80. The van der Waals surface area contributed by atoms with Crippen molar-refractivity contribution in [1.82, 2.24) is 5.32 Å². The summed E-state index contributed by atoms with van der Waals surface area (Å²) >= 11 is 0. The molecule has 0 radical (unpaired) electrons. The standard InChI is InChI=1S/C17H23NO10/c19-7-11(21)13(22)14-12(10(20)6-17(26,28-14)15(23)24)18-16(25)27-8-9-4-2-1-3-5-9/h1-5,10-14,19-22,26H,6-8H2,(H,18,25)(H,23,24)/t10-,11?,12-,13?,14?,17+/m1/s1. The first-order valence-corrected chi connectivity index (χ1v) is 8.44. The summed E-state index contributed by atoms with van der Waals surface area (Å²) in [5.74, 6) is -4.68. The topological polar surface area (TPSA) is 186 Å². The van der Waals surface area contributed by atoms with E-state index in [0.29, 0.717) is 5.56 Å². The van der Waals surface area contributed by atoms with E-state index >= 15 is 0 Å². The minimum Gasteiger partial charge on any atom is -0.477 e. The van der Waals surface area contributed by atoms with Crippen LogP contribution in [0.1, 0.15) is 12.0 Å². The first kappa shape index (κ1) is 22.0. The molecule has 1 aliphatic rings. The summed E-state index contributed by atoms with van der Waals surface area (Å²) in [6.07, 6.45) is -8.94. The highest BCUT2D eigenvalue weighted by molar-refractivity contribution is 5.75. The number of aliphatic hydroxyl groups excluding tert-OH is 4. The van der Waals surface area contributed by atoms with Crippen molar-refractivity contribution >= 4 is 12.1 Å². The Bertz CT molecular complexity index is 671. The van der Waals surface area contributed by atoms with Gasteiger partial charge in [-0.3, -0.25) is 0 Å². The van der Waals surface area contributed by atoms with Crippen LogP contribution in [0.25, 0.3) is 0 Å². The average molecular weight is 401 g/mol. The van der Waals surface area contributed by atoms with Crippen molar-refractivity contribution in [3.05, 3.63) is 35.9 Å². The molecule has 1 saturated heterocycles. The lowest BCUT2D eigenvalue weighted by Gasteiger charge is -2.44. The predicted octanol–water partition coefficient (Wildman–Crippen LogP) is -2.08. The highest BCUT2D eigenvalue weighted by Crippen LogP contribution is 2.30. The third-order valence-electron chi connectivity index (χ3n) is 4.33. The maximum Gasteiger partial charge on any atom is 0.407 e. The second-order valence-electron chi connectivity index (χ2n) is 6.42. The van der Waals surface area contributed by atoms with Crippen LogP contribution in [0.15, 0.2) is 30.3 Å². The lowest BCUT2D eigenvalue weighted by molar-refractivity contribution is -0.294. The Morgan fingerprint density at radius 2 is 1.93 bits per heavy atom. The molecule has 11 heteroatoms. The van der Waals surface area contributed by atoms with Crippen LogP contribution in [0, 0.1) is 0 Å². The van der Waals surface area contributed by atoms with E-state index in [1.54, 1.807) is 30.3 Å². The summed E-state index contributed by atoms with van der Waals surface area (Å²) in [7, 11) is 0. The van der Waals surface area contributed by atoms with Gasteiger partial charge in [0, 0.05) is 6.42 Å². The van der Waals surface area contributed by atoms with Crippen molar-refractivity contribution in [1.29, 1.82) is 0 Å². The molecule has 1 aliphatic heterocycles. The van der Waals surface area contributed by atoms with Gasteiger partial charge in [0.2, 0.25) is 0 Å². The minimum atomic E-state index is -2.85. The molecule has 1 amide bonds. The van der Waals surface area contributed by atoms with Crippen molar-refractivity contribution in [3.8, 4) is 0 Å². The lowest BCUT2D eigenvalue weighted by Crippen LogP contribution is -2.67. The molecule has 2 rings (SSSR count). The van der Waals surface area contributed by atoms with Crippen LogP contribution in [0.2, 0.25) is 0 Å². The number of alkyl carbamates (subject to hydrolysis) is 1. The Kier molecular flexibility index (Phi) is 7.29. The first-order chi connectivity index (χ1) is 13.2. The van der Waals surface area contributed by atoms with Gasteiger partial charge in [0.25, 0.3) is 5.79 Å². The molecule has 1 aromatic rings. The molecular formula is C17H23NO10. The number of nitrogens with one attached hydrogen (secondary N) is 1. The van der Waals surface area contributed by atoms with Gasteiger partial charge in [0.05, 0.1) is 18.8 Å². The molecule has 0 bridgehead atoms. The van der Waals surface area contributed by atoms with Crippen molar-refractivity contribution in [2.24, 2.45) is 0 Å². The number of benzene rings is 1. The number of rotatable bonds is 7. The highest BCUT2D eigenvalue weighted by atomic mass is 16.7. The van der Waals surface area contributed by atoms with E-state index in [1.807, 2.05) is 0 Å². The molecular weight excluding hydrogens is 378 g/mol. The van der Waals surface area contributed by atoms with E-state index in [2.05, 4.69) is 5.32 Å². The number of ether oxygens (including phenoxy) is 2. The normalized spacial score (nSPS) is 29.5. The Balaban J connectivity index is 2.11. The van der Waals surface area contributed by atoms with Crippen LogP contribution < -0.4 is 5.32 Å². The van der Waals surface area contributed by atoms with Crippen molar-refractivity contribution < 1.29 is 49.7 Å². The largest absolute Gasteiger partial charge is 0.477 e. The molecule has 1 aromatic carbocycles. The van der Waals surface area contributed by atoms with Crippen molar-refractivity contribution in [3.63, 3.8) is 0 Å². The Hall–Kier alpha value is -2.28. The van der Waals surface area contributed by atoms with Gasteiger partial charge in [0.1, 0.15) is 24.9 Å². The summed E-state index contributed by atoms with van der Waals surface area (Å²) in [6.45, 7) is -1.00. The first-order valence-electron chi connectivity index (χ1n) is 8.44. The number of hydrogen-bond acceptors (Lipinski definition) is 9. The Labute approximate surface area is 159 Å². The molecule has 7 N–H and O–H groups in total. The monoisotopic (exact) mass is 401 g/mol. The van der Waals surface area contributed by atoms with E-state index in [1.165, 1.54) is 0 Å². The molecule has 6 atom stereocenters. The summed E-state index contributed by atoms with van der Waals surface area (Å²) in [5.41, 5.74) is 0.686. The number of carbonyl (C=O) groups excluding carboxylic acids is 1. The van der Waals surface area contributed by atoms with Crippen LogP contribution in [-0.4, -0.2) is 85.6 Å². The zero-order valence-corrected chi connectivity index (χ0v) is 14.7. The maximum absolute atomic E-state index is 12.1. The number of carboxylic acid groups (broad SMARTS) is 1. The molecule has 0 spiro atoms. The molecule has 1 fully saturated rings. The van der Waals surface area contributed by atoms with Gasteiger partial charge in [0.15, 0.2) is 0 Å². The van der Waals surface area contributed by atoms with E-state index < -0.39 is 61.3 Å². The van der Waals surface area contributed by atoms with E-state index in [9.17, 15) is 30.0 Å². The van der Waals surface area contributed by atoms with Gasteiger partial charge >= 0.3 is 12.1 Å². The molecule has 28 heavy (non-hydrogen) atoms. The number of hydrogen-bond donors (Lipinski definition) is 7.